The Hall–Kier alpha value is -1.86. The van der Waals surface area contributed by atoms with Crippen LogP contribution in [-0.2, 0) is 6.42 Å². The molecule has 1 fully saturated rings. The Bertz CT molecular complexity index is 734. The van der Waals surface area contributed by atoms with Gasteiger partial charge in [-0.15, -0.1) is 11.3 Å². The molecule has 0 spiro atoms. The highest BCUT2D eigenvalue weighted by atomic mass is 32.1. The van der Waals surface area contributed by atoms with E-state index in [1.54, 1.807) is 0 Å². The molecule has 1 amide bonds. The van der Waals surface area contributed by atoms with E-state index >= 15 is 0 Å². The first kappa shape index (κ1) is 16.0. The largest absolute Gasteiger partial charge is 0.397 e. The number of nitrogen functional groups attached to an aromatic ring is 1. The number of primary amides is 1. The van der Waals surface area contributed by atoms with Crippen LogP contribution in [0.5, 0.6) is 0 Å². The van der Waals surface area contributed by atoms with Crippen LogP contribution in [0.1, 0.15) is 28.6 Å². The molecule has 2 aromatic rings. The molecule has 124 valence electrons. The van der Waals surface area contributed by atoms with Crippen LogP contribution in [0, 0.1) is 0 Å². The molecule has 3 rings (SSSR count). The van der Waals surface area contributed by atoms with E-state index in [0.29, 0.717) is 10.6 Å². The first-order valence-electron chi connectivity index (χ1n) is 7.96. The first-order chi connectivity index (χ1) is 11.0. The lowest BCUT2D eigenvalue weighted by Crippen LogP contribution is -2.44. The summed E-state index contributed by atoms with van der Waals surface area (Å²) in [6, 6.07) is 2.13. The van der Waals surface area contributed by atoms with Gasteiger partial charge in [-0.3, -0.25) is 4.79 Å². The average molecular weight is 333 g/mol. The van der Waals surface area contributed by atoms with Gasteiger partial charge in [-0.05, 0) is 25.1 Å². The van der Waals surface area contributed by atoms with E-state index in [1.165, 1.54) is 11.3 Å². The highest BCUT2D eigenvalue weighted by Crippen LogP contribution is 2.37. The van der Waals surface area contributed by atoms with E-state index in [1.807, 2.05) is 0 Å². The number of pyridine rings is 1. The number of carbonyl (C=O) groups is 1. The van der Waals surface area contributed by atoms with Crippen LogP contribution >= 0.6 is 11.3 Å². The quantitative estimate of drug-likeness (QED) is 0.889. The summed E-state index contributed by atoms with van der Waals surface area (Å²) in [6.07, 6.45) is 1.93. The van der Waals surface area contributed by atoms with Gasteiger partial charge in [0.25, 0.3) is 5.91 Å². The minimum absolute atomic E-state index is 0.417. The molecule has 1 aliphatic heterocycles. The lowest BCUT2D eigenvalue weighted by atomic mass is 10.1. The standard InChI is InChI=1S/C16H23N5OS/c1-3-4-10-9-11(21-7-5-20(2)6-8-21)19-16-12(10)13(17)14(23-16)15(18)22/h9H,3-8,17H2,1-2H3,(H2,18,22). The second-order valence-corrected chi connectivity index (χ2v) is 7.07. The van der Waals surface area contributed by atoms with Gasteiger partial charge in [0.15, 0.2) is 0 Å². The molecule has 2 aromatic heterocycles. The zero-order chi connectivity index (χ0) is 16.6. The Morgan fingerprint density at radius 1 is 1.35 bits per heavy atom. The summed E-state index contributed by atoms with van der Waals surface area (Å²) >= 11 is 1.30. The Balaban J connectivity index is 2.08. The van der Waals surface area contributed by atoms with Crippen molar-refractivity contribution in [3.05, 3.63) is 16.5 Å². The summed E-state index contributed by atoms with van der Waals surface area (Å²) in [7, 11) is 2.13. The van der Waals surface area contributed by atoms with Crippen LogP contribution in [0.15, 0.2) is 6.07 Å². The maximum atomic E-state index is 11.6. The number of thiophene rings is 1. The summed E-state index contributed by atoms with van der Waals surface area (Å²) in [4.78, 5) is 22.2. The van der Waals surface area contributed by atoms with Crippen molar-refractivity contribution in [1.29, 1.82) is 0 Å². The predicted octanol–water partition coefficient (Wildman–Crippen LogP) is 1.68. The number of carbonyl (C=O) groups excluding carboxylic acids is 1. The van der Waals surface area contributed by atoms with E-state index in [2.05, 4.69) is 29.8 Å². The molecule has 0 unspecified atom stereocenters. The van der Waals surface area contributed by atoms with Crippen LogP contribution in [0.2, 0.25) is 0 Å². The third kappa shape index (κ3) is 2.98. The summed E-state index contributed by atoms with van der Waals surface area (Å²) in [6.45, 7) is 6.12. The average Bonchev–Trinajstić information content (AvgIpc) is 2.86. The SMILES string of the molecule is CCCc1cc(N2CCN(C)CC2)nc2sc(C(N)=O)c(N)c12. The van der Waals surface area contributed by atoms with Crippen LogP contribution in [-0.4, -0.2) is 49.0 Å². The monoisotopic (exact) mass is 333 g/mol. The van der Waals surface area contributed by atoms with Crippen molar-refractivity contribution >= 4 is 39.0 Å². The van der Waals surface area contributed by atoms with Crippen LogP contribution < -0.4 is 16.4 Å². The number of aromatic nitrogens is 1. The number of hydrogen-bond donors (Lipinski definition) is 2. The van der Waals surface area contributed by atoms with E-state index in [-0.39, 0.29) is 0 Å². The van der Waals surface area contributed by atoms with Crippen molar-refractivity contribution in [3.63, 3.8) is 0 Å². The van der Waals surface area contributed by atoms with Gasteiger partial charge in [0.1, 0.15) is 15.5 Å². The van der Waals surface area contributed by atoms with Gasteiger partial charge < -0.3 is 21.3 Å². The van der Waals surface area contributed by atoms with Crippen molar-refractivity contribution in [2.75, 3.05) is 43.9 Å². The van der Waals surface area contributed by atoms with E-state index < -0.39 is 5.91 Å². The molecule has 1 saturated heterocycles. The van der Waals surface area contributed by atoms with Gasteiger partial charge in [-0.25, -0.2) is 4.98 Å². The van der Waals surface area contributed by atoms with Crippen LogP contribution in [0.4, 0.5) is 11.5 Å². The van der Waals surface area contributed by atoms with Gasteiger partial charge in [0.2, 0.25) is 0 Å². The molecular weight excluding hydrogens is 310 g/mol. The first-order valence-corrected chi connectivity index (χ1v) is 8.78. The number of fused-ring (bicyclic) bond motifs is 1. The molecule has 6 nitrogen and oxygen atoms in total. The highest BCUT2D eigenvalue weighted by molar-refractivity contribution is 7.21. The van der Waals surface area contributed by atoms with Gasteiger partial charge in [0.05, 0.1) is 5.69 Å². The van der Waals surface area contributed by atoms with Crippen molar-refractivity contribution in [2.45, 2.75) is 19.8 Å². The summed E-state index contributed by atoms with van der Waals surface area (Å²) in [5.74, 6) is 0.500. The number of aryl methyl sites for hydroxylation is 1. The fourth-order valence-corrected chi connectivity index (χ4v) is 4.02. The van der Waals surface area contributed by atoms with Gasteiger partial charge >= 0.3 is 0 Å². The second-order valence-electron chi connectivity index (χ2n) is 6.07. The normalized spacial score (nSPS) is 16.2. The highest BCUT2D eigenvalue weighted by Gasteiger charge is 2.21. The lowest BCUT2D eigenvalue weighted by Gasteiger charge is -2.33. The number of piperazine rings is 1. The fraction of sp³-hybridized carbons (Fsp3) is 0.500. The third-order valence-corrected chi connectivity index (χ3v) is 5.45. The van der Waals surface area contributed by atoms with Crippen molar-refractivity contribution in [3.8, 4) is 0 Å². The number of anilines is 2. The number of hydrogen-bond acceptors (Lipinski definition) is 6. The molecule has 0 bridgehead atoms. The van der Waals surface area contributed by atoms with E-state index in [0.717, 1.165) is 60.6 Å². The Labute approximate surface area is 140 Å². The molecule has 0 saturated carbocycles. The Kier molecular flexibility index (Phi) is 4.41. The summed E-state index contributed by atoms with van der Waals surface area (Å²) in [5.41, 5.74) is 13.3. The Morgan fingerprint density at radius 3 is 2.65 bits per heavy atom. The minimum atomic E-state index is -0.478. The number of amides is 1. The zero-order valence-electron chi connectivity index (χ0n) is 13.6. The molecule has 1 aliphatic rings. The lowest BCUT2D eigenvalue weighted by molar-refractivity contribution is 0.100. The molecule has 3 heterocycles. The topological polar surface area (TPSA) is 88.5 Å². The molecule has 23 heavy (non-hydrogen) atoms. The summed E-state index contributed by atoms with van der Waals surface area (Å²) in [5, 5.41) is 0.906. The Morgan fingerprint density at radius 2 is 2.04 bits per heavy atom. The fourth-order valence-electron chi connectivity index (χ4n) is 3.03. The summed E-state index contributed by atoms with van der Waals surface area (Å²) < 4.78 is 0. The van der Waals surface area contributed by atoms with Crippen molar-refractivity contribution in [2.24, 2.45) is 5.73 Å². The maximum absolute atomic E-state index is 11.6. The van der Waals surface area contributed by atoms with Crippen molar-refractivity contribution in [1.82, 2.24) is 9.88 Å². The number of nitrogens with two attached hydrogens (primary N) is 2. The minimum Gasteiger partial charge on any atom is -0.397 e. The van der Waals surface area contributed by atoms with Crippen LogP contribution in [0.3, 0.4) is 0 Å². The molecule has 0 aliphatic carbocycles. The van der Waals surface area contributed by atoms with Crippen LogP contribution in [0.25, 0.3) is 10.2 Å². The predicted molar refractivity (Wildman–Crippen MR) is 96.3 cm³/mol. The van der Waals surface area contributed by atoms with Crippen molar-refractivity contribution < 1.29 is 4.79 Å². The van der Waals surface area contributed by atoms with E-state index in [4.69, 9.17) is 16.5 Å². The third-order valence-electron chi connectivity index (χ3n) is 4.34. The molecule has 0 atom stereocenters. The van der Waals surface area contributed by atoms with Gasteiger partial charge in [0, 0.05) is 31.6 Å². The van der Waals surface area contributed by atoms with Gasteiger partial charge in [-0.2, -0.15) is 0 Å². The van der Waals surface area contributed by atoms with E-state index in [9.17, 15) is 4.79 Å². The molecule has 7 heteroatoms. The maximum Gasteiger partial charge on any atom is 0.260 e. The second kappa shape index (κ2) is 6.33. The molecular formula is C16H23N5OS. The number of nitrogens with zero attached hydrogens (tertiary/aromatic N) is 3. The number of rotatable bonds is 4. The van der Waals surface area contributed by atoms with Gasteiger partial charge in [-0.1, -0.05) is 13.3 Å². The smallest absolute Gasteiger partial charge is 0.260 e. The molecule has 4 N–H and O–H groups in total. The number of likely N-dealkylation sites (N-methyl/N-ethyl adjacent to an activating group) is 1. The zero-order valence-corrected chi connectivity index (χ0v) is 14.4. The molecule has 0 aromatic carbocycles. The molecule has 0 radical (unpaired) electrons.